The van der Waals surface area contributed by atoms with E-state index in [1.54, 1.807) is 30.3 Å². The number of aliphatic hydroxyl groups excluding tert-OH is 1. The lowest BCUT2D eigenvalue weighted by atomic mass is 10.2. The average molecular weight is 410 g/mol. The molecular formula is C17H14BrClN2O3. The van der Waals surface area contributed by atoms with E-state index in [2.05, 4.69) is 20.9 Å². The van der Waals surface area contributed by atoms with Crippen molar-refractivity contribution in [3.05, 3.63) is 68.6 Å². The maximum atomic E-state index is 12.4. The van der Waals surface area contributed by atoms with Crippen molar-refractivity contribution < 1.29 is 9.84 Å². The lowest BCUT2D eigenvalue weighted by molar-refractivity contribution is 0.0915. The minimum Gasteiger partial charge on any atom is -0.491 e. The Labute approximate surface area is 151 Å². The molecule has 0 saturated carbocycles. The van der Waals surface area contributed by atoms with Gasteiger partial charge in [0, 0.05) is 9.50 Å². The number of aromatic nitrogens is 2. The summed E-state index contributed by atoms with van der Waals surface area (Å²) in [6, 6.07) is 12.2. The molecule has 3 rings (SSSR count). The molecule has 1 N–H and O–H groups in total. The van der Waals surface area contributed by atoms with Gasteiger partial charge in [0.05, 0.1) is 23.8 Å². The first-order chi connectivity index (χ1) is 11.5. The van der Waals surface area contributed by atoms with Crippen molar-refractivity contribution in [1.29, 1.82) is 0 Å². The van der Waals surface area contributed by atoms with Gasteiger partial charge in [-0.25, -0.2) is 4.98 Å². The molecule has 7 heteroatoms. The van der Waals surface area contributed by atoms with Crippen LogP contribution < -0.4 is 10.3 Å². The third-order valence-corrected chi connectivity index (χ3v) is 4.21. The summed E-state index contributed by atoms with van der Waals surface area (Å²) in [5.41, 5.74) is 0.309. The van der Waals surface area contributed by atoms with Gasteiger partial charge in [0.1, 0.15) is 18.5 Å². The molecule has 124 valence electrons. The number of ether oxygens (including phenoxy) is 1. The number of benzene rings is 2. The van der Waals surface area contributed by atoms with Gasteiger partial charge in [-0.05, 0) is 42.5 Å². The summed E-state index contributed by atoms with van der Waals surface area (Å²) in [5.74, 6) is 0.649. The van der Waals surface area contributed by atoms with Crippen LogP contribution in [0.1, 0.15) is 0 Å². The van der Waals surface area contributed by atoms with E-state index in [1.807, 2.05) is 12.1 Å². The van der Waals surface area contributed by atoms with Gasteiger partial charge in [-0.2, -0.15) is 0 Å². The summed E-state index contributed by atoms with van der Waals surface area (Å²) in [4.78, 5) is 16.6. The number of rotatable bonds is 5. The number of hydrogen-bond donors (Lipinski definition) is 1. The molecule has 1 aromatic heterocycles. The molecule has 1 heterocycles. The monoisotopic (exact) mass is 408 g/mol. The molecule has 3 aromatic rings. The zero-order chi connectivity index (χ0) is 17.1. The number of hydrogen-bond acceptors (Lipinski definition) is 4. The van der Waals surface area contributed by atoms with Gasteiger partial charge >= 0.3 is 0 Å². The van der Waals surface area contributed by atoms with E-state index in [0.717, 1.165) is 4.47 Å². The van der Waals surface area contributed by atoms with Crippen molar-refractivity contribution in [2.45, 2.75) is 12.6 Å². The van der Waals surface area contributed by atoms with Crippen molar-refractivity contribution >= 4 is 38.4 Å². The van der Waals surface area contributed by atoms with Crippen LogP contribution in [-0.4, -0.2) is 27.4 Å². The van der Waals surface area contributed by atoms with Crippen LogP contribution in [0.15, 0.2) is 58.1 Å². The predicted octanol–water partition coefficient (Wildman–Crippen LogP) is 3.25. The van der Waals surface area contributed by atoms with E-state index in [0.29, 0.717) is 21.7 Å². The smallest absolute Gasteiger partial charge is 0.261 e. The molecule has 24 heavy (non-hydrogen) atoms. The number of fused-ring (bicyclic) bond motifs is 1. The SMILES string of the molecule is O=c1c2ccc(Cl)cc2ncn1C[C@@H](O)COc1ccc(Br)cc1. The first kappa shape index (κ1) is 17.0. The Morgan fingerprint density at radius 1 is 1.25 bits per heavy atom. The lowest BCUT2D eigenvalue weighted by Crippen LogP contribution is -2.30. The summed E-state index contributed by atoms with van der Waals surface area (Å²) >= 11 is 9.24. The quantitative estimate of drug-likeness (QED) is 0.702. The van der Waals surface area contributed by atoms with Crippen molar-refractivity contribution in [3.8, 4) is 5.75 Å². The van der Waals surface area contributed by atoms with Crippen molar-refractivity contribution in [2.75, 3.05) is 6.61 Å². The largest absolute Gasteiger partial charge is 0.491 e. The molecule has 5 nitrogen and oxygen atoms in total. The van der Waals surface area contributed by atoms with Crippen LogP contribution in [0, 0.1) is 0 Å². The zero-order valence-corrected chi connectivity index (χ0v) is 14.9. The second kappa shape index (κ2) is 7.34. The van der Waals surface area contributed by atoms with E-state index >= 15 is 0 Å². The molecule has 0 amide bonds. The molecule has 0 saturated heterocycles. The normalized spacial score (nSPS) is 12.3. The number of aliphatic hydroxyl groups is 1. The Morgan fingerprint density at radius 3 is 2.75 bits per heavy atom. The first-order valence-electron chi connectivity index (χ1n) is 7.24. The molecular weight excluding hydrogens is 396 g/mol. The second-order valence-corrected chi connectivity index (χ2v) is 6.63. The van der Waals surface area contributed by atoms with Crippen molar-refractivity contribution in [3.63, 3.8) is 0 Å². The van der Waals surface area contributed by atoms with Crippen LogP contribution in [0.5, 0.6) is 5.75 Å². The third kappa shape index (κ3) is 3.95. The topological polar surface area (TPSA) is 64.4 Å². The van der Waals surface area contributed by atoms with Crippen LogP contribution in [-0.2, 0) is 6.54 Å². The highest BCUT2D eigenvalue weighted by atomic mass is 79.9. The first-order valence-corrected chi connectivity index (χ1v) is 8.41. The van der Waals surface area contributed by atoms with Crippen LogP contribution in [0.3, 0.4) is 0 Å². The van der Waals surface area contributed by atoms with Crippen LogP contribution >= 0.6 is 27.5 Å². The number of nitrogens with zero attached hydrogens (tertiary/aromatic N) is 2. The Bertz CT molecular complexity index is 912. The van der Waals surface area contributed by atoms with Crippen LogP contribution in [0.25, 0.3) is 10.9 Å². The Kier molecular flexibility index (Phi) is 5.18. The molecule has 0 aliphatic carbocycles. The van der Waals surface area contributed by atoms with Crippen LogP contribution in [0.2, 0.25) is 5.02 Å². The standard InChI is InChI=1S/C17H14BrClN2O3/c18-11-1-4-14(5-2-11)24-9-13(22)8-21-10-20-16-7-12(19)3-6-15(16)17(21)23/h1-7,10,13,22H,8-9H2/t13-/m1/s1. The molecule has 0 bridgehead atoms. The lowest BCUT2D eigenvalue weighted by Gasteiger charge is -2.14. The minimum atomic E-state index is -0.835. The minimum absolute atomic E-state index is 0.0761. The zero-order valence-electron chi connectivity index (χ0n) is 12.5. The van der Waals surface area contributed by atoms with Crippen molar-refractivity contribution in [1.82, 2.24) is 9.55 Å². The van der Waals surface area contributed by atoms with Crippen molar-refractivity contribution in [2.24, 2.45) is 0 Å². The third-order valence-electron chi connectivity index (χ3n) is 3.45. The average Bonchev–Trinajstić information content (AvgIpc) is 2.57. The molecule has 0 aliphatic rings. The van der Waals surface area contributed by atoms with E-state index < -0.39 is 6.10 Å². The molecule has 1 atom stereocenters. The summed E-state index contributed by atoms with van der Waals surface area (Å²) in [6.07, 6.45) is 0.571. The predicted molar refractivity (Wildman–Crippen MR) is 96.7 cm³/mol. The maximum absolute atomic E-state index is 12.4. The highest BCUT2D eigenvalue weighted by Crippen LogP contribution is 2.16. The molecule has 0 fully saturated rings. The van der Waals surface area contributed by atoms with Gasteiger partial charge in [0.15, 0.2) is 0 Å². The highest BCUT2D eigenvalue weighted by Gasteiger charge is 2.10. The van der Waals surface area contributed by atoms with Gasteiger partial charge in [0.2, 0.25) is 0 Å². The van der Waals surface area contributed by atoms with Gasteiger partial charge in [-0.15, -0.1) is 0 Å². The maximum Gasteiger partial charge on any atom is 0.261 e. The van der Waals surface area contributed by atoms with Gasteiger partial charge in [-0.1, -0.05) is 27.5 Å². The summed E-state index contributed by atoms with van der Waals surface area (Å²) in [5, 5.41) is 11.1. The second-order valence-electron chi connectivity index (χ2n) is 5.28. The molecule has 2 aromatic carbocycles. The van der Waals surface area contributed by atoms with E-state index in [9.17, 15) is 9.90 Å². The summed E-state index contributed by atoms with van der Waals surface area (Å²) < 4.78 is 7.83. The summed E-state index contributed by atoms with van der Waals surface area (Å²) in [6.45, 7) is 0.174. The Hall–Kier alpha value is -1.89. The van der Waals surface area contributed by atoms with E-state index in [-0.39, 0.29) is 18.7 Å². The molecule has 0 spiro atoms. The fourth-order valence-corrected chi connectivity index (χ4v) is 2.70. The molecule has 0 radical (unpaired) electrons. The van der Waals surface area contributed by atoms with Gasteiger partial charge in [-0.3, -0.25) is 9.36 Å². The Balaban J connectivity index is 1.70. The van der Waals surface area contributed by atoms with Gasteiger partial charge < -0.3 is 9.84 Å². The number of halogens is 2. The fraction of sp³-hybridized carbons (Fsp3) is 0.176. The van der Waals surface area contributed by atoms with Crippen LogP contribution in [0.4, 0.5) is 0 Å². The van der Waals surface area contributed by atoms with E-state index in [1.165, 1.54) is 10.9 Å². The van der Waals surface area contributed by atoms with E-state index in [4.69, 9.17) is 16.3 Å². The molecule has 0 unspecified atom stereocenters. The Morgan fingerprint density at radius 2 is 2.00 bits per heavy atom. The summed E-state index contributed by atoms with van der Waals surface area (Å²) in [7, 11) is 0. The van der Waals surface area contributed by atoms with Gasteiger partial charge in [0.25, 0.3) is 5.56 Å². The highest BCUT2D eigenvalue weighted by molar-refractivity contribution is 9.10. The fourth-order valence-electron chi connectivity index (χ4n) is 2.26. The molecule has 0 aliphatic heterocycles.